The van der Waals surface area contributed by atoms with Crippen LogP contribution >= 0.6 is 0 Å². The third-order valence-electron chi connectivity index (χ3n) is 3.67. The first-order chi connectivity index (χ1) is 10.2. The molecule has 0 aromatic heterocycles. The standard InChI is InChI=1S/C17H29NO2S/c1-5-8-16(18-13-6-2)17(7-3)21(19)15-11-9-14(20-4)10-12-15/h9-12,16-18H,5-8,13H2,1-4H3. The van der Waals surface area contributed by atoms with E-state index in [-0.39, 0.29) is 5.25 Å². The highest BCUT2D eigenvalue weighted by molar-refractivity contribution is 7.85. The number of methoxy groups -OCH3 is 1. The van der Waals surface area contributed by atoms with E-state index in [4.69, 9.17) is 4.74 Å². The van der Waals surface area contributed by atoms with Gasteiger partial charge < -0.3 is 10.1 Å². The van der Waals surface area contributed by atoms with Gasteiger partial charge in [-0.3, -0.25) is 4.21 Å². The summed E-state index contributed by atoms with van der Waals surface area (Å²) in [7, 11) is 0.661. The quantitative estimate of drug-likeness (QED) is 0.715. The minimum atomic E-state index is -0.985. The van der Waals surface area contributed by atoms with Gasteiger partial charge in [0.15, 0.2) is 0 Å². The van der Waals surface area contributed by atoms with Crippen LogP contribution in [-0.2, 0) is 10.8 Å². The Labute approximate surface area is 131 Å². The lowest BCUT2D eigenvalue weighted by molar-refractivity contribution is 0.414. The smallest absolute Gasteiger partial charge is 0.118 e. The molecule has 0 amide bonds. The summed E-state index contributed by atoms with van der Waals surface area (Å²) in [4.78, 5) is 0.891. The minimum absolute atomic E-state index is 0.157. The van der Waals surface area contributed by atoms with Crippen molar-refractivity contribution < 1.29 is 8.95 Å². The monoisotopic (exact) mass is 311 g/mol. The van der Waals surface area contributed by atoms with Gasteiger partial charge in [0, 0.05) is 10.9 Å². The maximum Gasteiger partial charge on any atom is 0.118 e. The average molecular weight is 311 g/mol. The fraction of sp³-hybridized carbons (Fsp3) is 0.647. The normalized spacial score (nSPS) is 15.4. The largest absolute Gasteiger partial charge is 0.497 e. The van der Waals surface area contributed by atoms with E-state index in [1.165, 1.54) is 0 Å². The van der Waals surface area contributed by atoms with Crippen LogP contribution in [0.5, 0.6) is 5.75 Å². The van der Waals surface area contributed by atoms with Gasteiger partial charge >= 0.3 is 0 Å². The molecular weight excluding hydrogens is 282 g/mol. The van der Waals surface area contributed by atoms with E-state index >= 15 is 0 Å². The molecule has 3 nitrogen and oxygen atoms in total. The number of rotatable bonds is 10. The Morgan fingerprint density at radius 2 is 1.81 bits per heavy atom. The summed E-state index contributed by atoms with van der Waals surface area (Å²) >= 11 is 0. The third kappa shape index (κ3) is 5.44. The van der Waals surface area contributed by atoms with Gasteiger partial charge in [0.1, 0.15) is 5.75 Å². The molecule has 0 spiro atoms. The summed E-state index contributed by atoms with van der Waals surface area (Å²) < 4.78 is 18.0. The van der Waals surface area contributed by atoms with Crippen molar-refractivity contribution in [1.29, 1.82) is 0 Å². The lowest BCUT2D eigenvalue weighted by atomic mass is 10.1. The van der Waals surface area contributed by atoms with Crippen LogP contribution in [-0.4, -0.2) is 29.2 Å². The van der Waals surface area contributed by atoms with Gasteiger partial charge in [-0.25, -0.2) is 0 Å². The third-order valence-corrected chi connectivity index (χ3v) is 5.62. The molecule has 0 aliphatic heterocycles. The van der Waals surface area contributed by atoms with Gasteiger partial charge in [-0.15, -0.1) is 0 Å². The maximum absolute atomic E-state index is 12.9. The van der Waals surface area contributed by atoms with E-state index in [1.807, 2.05) is 24.3 Å². The molecule has 1 aromatic rings. The van der Waals surface area contributed by atoms with Gasteiger partial charge in [0.2, 0.25) is 0 Å². The van der Waals surface area contributed by atoms with Gasteiger partial charge in [-0.2, -0.15) is 0 Å². The highest BCUT2D eigenvalue weighted by atomic mass is 32.2. The Hall–Kier alpha value is -0.870. The highest BCUT2D eigenvalue weighted by Gasteiger charge is 2.25. The number of nitrogens with one attached hydrogen (secondary N) is 1. The number of ether oxygens (including phenoxy) is 1. The Balaban J connectivity index is 2.85. The molecule has 120 valence electrons. The first-order valence-corrected chi connectivity index (χ1v) is 9.17. The van der Waals surface area contributed by atoms with Crippen LogP contribution in [0.2, 0.25) is 0 Å². The van der Waals surface area contributed by atoms with Crippen LogP contribution in [0, 0.1) is 0 Å². The zero-order valence-corrected chi connectivity index (χ0v) is 14.5. The van der Waals surface area contributed by atoms with Crippen LogP contribution in [0.25, 0.3) is 0 Å². The highest BCUT2D eigenvalue weighted by Crippen LogP contribution is 2.21. The fourth-order valence-corrected chi connectivity index (χ4v) is 4.12. The first kappa shape index (κ1) is 18.2. The average Bonchev–Trinajstić information content (AvgIpc) is 2.53. The lowest BCUT2D eigenvalue weighted by Gasteiger charge is -2.26. The fourth-order valence-electron chi connectivity index (χ4n) is 2.53. The predicted octanol–water partition coefficient (Wildman–Crippen LogP) is 3.75. The molecular formula is C17H29NO2S. The summed E-state index contributed by atoms with van der Waals surface area (Å²) in [6.45, 7) is 7.46. The van der Waals surface area contributed by atoms with E-state index < -0.39 is 10.8 Å². The van der Waals surface area contributed by atoms with Crippen molar-refractivity contribution in [2.75, 3.05) is 13.7 Å². The molecule has 0 aliphatic rings. The molecule has 0 radical (unpaired) electrons. The summed E-state index contributed by atoms with van der Waals surface area (Å²) in [6, 6.07) is 7.92. The summed E-state index contributed by atoms with van der Waals surface area (Å²) in [5, 5.41) is 3.73. The van der Waals surface area contributed by atoms with Crippen molar-refractivity contribution in [1.82, 2.24) is 5.32 Å². The zero-order chi connectivity index (χ0) is 15.7. The summed E-state index contributed by atoms with van der Waals surface area (Å²) in [5.41, 5.74) is 0. The first-order valence-electron chi connectivity index (χ1n) is 7.95. The van der Waals surface area contributed by atoms with Crippen molar-refractivity contribution in [2.45, 2.75) is 62.6 Å². The second kappa shape index (κ2) is 9.96. The van der Waals surface area contributed by atoms with Crippen molar-refractivity contribution in [2.24, 2.45) is 0 Å². The zero-order valence-electron chi connectivity index (χ0n) is 13.7. The second-order valence-electron chi connectivity index (χ2n) is 5.27. The number of benzene rings is 1. The summed E-state index contributed by atoms with van der Waals surface area (Å²) in [5.74, 6) is 0.804. The molecule has 1 N–H and O–H groups in total. The Bertz CT molecular complexity index is 419. The minimum Gasteiger partial charge on any atom is -0.497 e. The molecule has 4 heteroatoms. The van der Waals surface area contributed by atoms with Crippen LogP contribution in [0.3, 0.4) is 0 Å². The van der Waals surface area contributed by atoms with Gasteiger partial charge in [0.25, 0.3) is 0 Å². The summed E-state index contributed by atoms with van der Waals surface area (Å²) in [6.07, 6.45) is 4.20. The van der Waals surface area contributed by atoms with E-state index in [9.17, 15) is 4.21 Å². The van der Waals surface area contributed by atoms with Crippen molar-refractivity contribution in [3.8, 4) is 5.75 Å². The van der Waals surface area contributed by atoms with Gasteiger partial charge in [-0.1, -0.05) is 27.2 Å². The Morgan fingerprint density at radius 3 is 2.29 bits per heavy atom. The van der Waals surface area contributed by atoms with Gasteiger partial charge in [-0.05, 0) is 50.1 Å². The van der Waals surface area contributed by atoms with E-state index in [2.05, 4.69) is 26.1 Å². The molecule has 3 atom stereocenters. The Morgan fingerprint density at radius 1 is 1.14 bits per heavy atom. The van der Waals surface area contributed by atoms with Gasteiger partial charge in [0.05, 0.1) is 23.2 Å². The second-order valence-corrected chi connectivity index (χ2v) is 6.94. The van der Waals surface area contributed by atoms with Crippen LogP contribution in [0.15, 0.2) is 29.2 Å². The molecule has 0 bridgehead atoms. The number of hydrogen-bond acceptors (Lipinski definition) is 3. The molecule has 0 aliphatic carbocycles. The molecule has 0 saturated carbocycles. The molecule has 21 heavy (non-hydrogen) atoms. The SMILES string of the molecule is CCCNC(CCC)C(CC)S(=O)c1ccc(OC)cc1. The maximum atomic E-state index is 12.9. The lowest BCUT2D eigenvalue weighted by Crippen LogP contribution is -2.42. The van der Waals surface area contributed by atoms with Crippen LogP contribution in [0.4, 0.5) is 0 Å². The molecule has 3 unspecified atom stereocenters. The van der Waals surface area contributed by atoms with E-state index in [0.717, 1.165) is 42.9 Å². The molecule has 0 saturated heterocycles. The van der Waals surface area contributed by atoms with Crippen molar-refractivity contribution in [3.63, 3.8) is 0 Å². The number of hydrogen-bond donors (Lipinski definition) is 1. The van der Waals surface area contributed by atoms with Crippen molar-refractivity contribution >= 4 is 10.8 Å². The van der Waals surface area contributed by atoms with E-state index in [0.29, 0.717) is 6.04 Å². The molecule has 0 fully saturated rings. The van der Waals surface area contributed by atoms with Crippen molar-refractivity contribution in [3.05, 3.63) is 24.3 Å². The molecule has 0 heterocycles. The Kier molecular flexibility index (Phi) is 8.62. The topological polar surface area (TPSA) is 38.3 Å². The van der Waals surface area contributed by atoms with Crippen LogP contribution in [0.1, 0.15) is 46.5 Å². The van der Waals surface area contributed by atoms with E-state index in [1.54, 1.807) is 7.11 Å². The predicted molar refractivity (Wildman–Crippen MR) is 90.5 cm³/mol. The molecule has 1 rings (SSSR count). The molecule has 1 aromatic carbocycles. The van der Waals surface area contributed by atoms with Crippen LogP contribution < -0.4 is 10.1 Å².